The van der Waals surface area contributed by atoms with Crippen molar-refractivity contribution in [1.29, 1.82) is 0 Å². The third-order valence-corrected chi connectivity index (χ3v) is 1.79. The van der Waals surface area contributed by atoms with Gasteiger partial charge >= 0.3 is 6.03 Å². The molecule has 1 rings (SSSR count). The smallest absolute Gasteiger partial charge is 0.324 e. The van der Waals surface area contributed by atoms with E-state index in [4.69, 9.17) is 5.73 Å². The lowest BCUT2D eigenvalue weighted by molar-refractivity contribution is -0.115. The van der Waals surface area contributed by atoms with E-state index in [2.05, 4.69) is 0 Å². The summed E-state index contributed by atoms with van der Waals surface area (Å²) >= 11 is 0. The lowest BCUT2D eigenvalue weighted by Crippen LogP contribution is -2.45. The zero-order valence-corrected chi connectivity index (χ0v) is 7.07. The molecule has 0 unspecified atom stereocenters. The van der Waals surface area contributed by atoms with Crippen LogP contribution in [-0.4, -0.2) is 42.4 Å². The average Bonchev–Trinajstić information content (AvgIpc) is 2.00. The van der Waals surface area contributed by atoms with Crippen molar-refractivity contribution in [3.8, 4) is 0 Å². The Kier molecular flexibility index (Phi) is 2.03. The van der Waals surface area contributed by atoms with Gasteiger partial charge in [0.05, 0.1) is 0 Å². The van der Waals surface area contributed by atoms with Crippen LogP contribution in [0.1, 0.15) is 0 Å². The van der Waals surface area contributed by atoms with Crippen LogP contribution in [0.4, 0.5) is 4.79 Å². The van der Waals surface area contributed by atoms with E-state index >= 15 is 0 Å². The summed E-state index contributed by atoms with van der Waals surface area (Å²) in [5.41, 5.74) is 5.31. The van der Waals surface area contributed by atoms with Gasteiger partial charge in [0.2, 0.25) is 0 Å². The van der Waals surface area contributed by atoms with Crippen LogP contribution in [0, 0.1) is 0 Å². The zero-order valence-electron chi connectivity index (χ0n) is 7.07. The number of carbonyl (C=O) groups excluding carboxylic acids is 2. The van der Waals surface area contributed by atoms with Crippen LogP contribution in [-0.2, 0) is 4.79 Å². The number of hydrogen-bond acceptors (Lipinski definition) is 2. The highest BCUT2D eigenvalue weighted by molar-refractivity contribution is 5.96. The SMILES string of the molecule is CN1CC=C(C(N)=O)N(C)C1=O. The molecule has 0 aliphatic carbocycles. The monoisotopic (exact) mass is 169 g/mol. The first-order chi connectivity index (χ1) is 5.54. The van der Waals surface area contributed by atoms with Gasteiger partial charge in [-0.2, -0.15) is 0 Å². The van der Waals surface area contributed by atoms with Gasteiger partial charge in [0, 0.05) is 20.6 Å². The van der Waals surface area contributed by atoms with Crippen LogP contribution in [0.25, 0.3) is 0 Å². The number of nitrogens with zero attached hydrogens (tertiary/aromatic N) is 2. The molecule has 0 atom stereocenters. The van der Waals surface area contributed by atoms with Crippen LogP contribution in [0.2, 0.25) is 0 Å². The molecule has 0 bridgehead atoms. The number of hydrogen-bond donors (Lipinski definition) is 1. The molecular formula is C7H11N3O2. The summed E-state index contributed by atoms with van der Waals surface area (Å²) in [5, 5.41) is 0. The standard InChI is InChI=1S/C7H11N3O2/c1-9-4-3-5(6(8)11)10(2)7(9)12/h3H,4H2,1-2H3,(H2,8,11). The van der Waals surface area contributed by atoms with Crippen molar-refractivity contribution in [3.05, 3.63) is 11.8 Å². The van der Waals surface area contributed by atoms with Crippen LogP contribution < -0.4 is 5.73 Å². The first kappa shape index (κ1) is 8.58. The molecule has 1 aliphatic rings. The summed E-state index contributed by atoms with van der Waals surface area (Å²) < 4.78 is 0. The Bertz CT molecular complexity index is 259. The van der Waals surface area contributed by atoms with E-state index in [1.807, 2.05) is 0 Å². The highest BCUT2D eigenvalue weighted by atomic mass is 16.2. The fraction of sp³-hybridized carbons (Fsp3) is 0.429. The first-order valence-electron chi connectivity index (χ1n) is 3.53. The van der Waals surface area contributed by atoms with Gasteiger partial charge in [-0.05, 0) is 6.08 Å². The van der Waals surface area contributed by atoms with E-state index < -0.39 is 5.91 Å². The second kappa shape index (κ2) is 2.84. The Morgan fingerprint density at radius 3 is 2.67 bits per heavy atom. The summed E-state index contributed by atoms with van der Waals surface area (Å²) in [7, 11) is 3.18. The van der Waals surface area contributed by atoms with Crippen molar-refractivity contribution < 1.29 is 9.59 Å². The van der Waals surface area contributed by atoms with Crippen LogP contribution >= 0.6 is 0 Å². The minimum Gasteiger partial charge on any atom is -0.364 e. The molecule has 0 radical (unpaired) electrons. The minimum atomic E-state index is -0.570. The van der Waals surface area contributed by atoms with Gasteiger partial charge in [0.15, 0.2) is 0 Å². The molecule has 3 amide bonds. The van der Waals surface area contributed by atoms with Crippen molar-refractivity contribution in [2.45, 2.75) is 0 Å². The highest BCUT2D eigenvalue weighted by Gasteiger charge is 2.24. The second-order valence-electron chi connectivity index (χ2n) is 2.68. The molecular weight excluding hydrogens is 158 g/mol. The fourth-order valence-corrected chi connectivity index (χ4v) is 1.06. The van der Waals surface area contributed by atoms with Gasteiger partial charge < -0.3 is 10.6 Å². The lowest BCUT2D eigenvalue weighted by Gasteiger charge is -2.29. The molecule has 2 N–H and O–H groups in total. The fourth-order valence-electron chi connectivity index (χ4n) is 1.06. The molecule has 0 fully saturated rings. The second-order valence-corrected chi connectivity index (χ2v) is 2.68. The van der Waals surface area contributed by atoms with Crippen molar-refractivity contribution in [2.24, 2.45) is 5.73 Å². The van der Waals surface area contributed by atoms with Crippen molar-refractivity contribution >= 4 is 11.9 Å². The summed E-state index contributed by atoms with van der Waals surface area (Å²) in [6.45, 7) is 0.432. The Balaban J connectivity index is 2.92. The van der Waals surface area contributed by atoms with Gasteiger partial charge in [-0.3, -0.25) is 9.69 Å². The topological polar surface area (TPSA) is 66.6 Å². The maximum atomic E-state index is 11.2. The average molecular weight is 169 g/mol. The highest BCUT2D eigenvalue weighted by Crippen LogP contribution is 2.09. The molecule has 1 aliphatic heterocycles. The third kappa shape index (κ3) is 1.25. The van der Waals surface area contributed by atoms with Crippen molar-refractivity contribution in [1.82, 2.24) is 9.80 Å². The van der Waals surface area contributed by atoms with Gasteiger partial charge in [0.25, 0.3) is 5.91 Å². The number of rotatable bonds is 1. The first-order valence-corrected chi connectivity index (χ1v) is 3.53. The predicted octanol–water partition coefficient (Wildman–Crippen LogP) is -0.647. The number of likely N-dealkylation sites (N-methyl/N-ethyl adjacent to an activating group) is 2. The Morgan fingerprint density at radius 2 is 2.17 bits per heavy atom. The van der Waals surface area contributed by atoms with E-state index in [9.17, 15) is 9.59 Å². The Morgan fingerprint density at radius 1 is 1.58 bits per heavy atom. The molecule has 1 heterocycles. The van der Waals surface area contributed by atoms with Crippen molar-refractivity contribution in [2.75, 3.05) is 20.6 Å². The molecule has 0 saturated carbocycles. The Hall–Kier alpha value is -1.52. The molecule has 66 valence electrons. The molecule has 0 aromatic carbocycles. The van der Waals surface area contributed by atoms with Gasteiger partial charge in [-0.1, -0.05) is 0 Å². The zero-order chi connectivity index (χ0) is 9.30. The van der Waals surface area contributed by atoms with Crippen molar-refractivity contribution in [3.63, 3.8) is 0 Å². The molecule has 0 aromatic rings. The maximum absolute atomic E-state index is 11.2. The number of amides is 3. The van der Waals surface area contributed by atoms with E-state index in [0.717, 1.165) is 0 Å². The number of carbonyl (C=O) groups is 2. The molecule has 5 nitrogen and oxygen atoms in total. The quantitative estimate of drug-likeness (QED) is 0.567. The number of nitrogens with two attached hydrogens (primary N) is 1. The third-order valence-electron chi connectivity index (χ3n) is 1.79. The van der Waals surface area contributed by atoms with Gasteiger partial charge in [0.1, 0.15) is 5.70 Å². The van der Waals surface area contributed by atoms with Crippen LogP contribution in [0.3, 0.4) is 0 Å². The lowest BCUT2D eigenvalue weighted by atomic mass is 10.3. The normalized spacial score (nSPS) is 17.8. The molecule has 12 heavy (non-hydrogen) atoms. The molecule has 0 aromatic heterocycles. The summed E-state index contributed by atoms with van der Waals surface area (Å²) in [6, 6.07) is -0.216. The van der Waals surface area contributed by atoms with E-state index in [0.29, 0.717) is 6.54 Å². The van der Waals surface area contributed by atoms with Gasteiger partial charge in [-0.25, -0.2) is 4.79 Å². The maximum Gasteiger partial charge on any atom is 0.324 e. The van der Waals surface area contributed by atoms with E-state index in [1.54, 1.807) is 13.1 Å². The number of primary amides is 1. The molecule has 0 saturated heterocycles. The Labute approximate surface area is 70.4 Å². The molecule has 0 spiro atoms. The largest absolute Gasteiger partial charge is 0.364 e. The van der Waals surface area contributed by atoms with E-state index in [-0.39, 0.29) is 11.7 Å². The summed E-state index contributed by atoms with van der Waals surface area (Å²) in [6.07, 6.45) is 1.63. The minimum absolute atomic E-state index is 0.216. The van der Waals surface area contributed by atoms with Gasteiger partial charge in [-0.15, -0.1) is 0 Å². The predicted molar refractivity (Wildman–Crippen MR) is 43.1 cm³/mol. The van der Waals surface area contributed by atoms with Crippen LogP contribution in [0.15, 0.2) is 11.8 Å². The summed E-state index contributed by atoms with van der Waals surface area (Å²) in [5.74, 6) is -0.570. The summed E-state index contributed by atoms with van der Waals surface area (Å²) in [4.78, 5) is 24.7. The van der Waals surface area contributed by atoms with Crippen LogP contribution in [0.5, 0.6) is 0 Å². The molecule has 5 heteroatoms. The van der Waals surface area contributed by atoms with E-state index in [1.165, 1.54) is 16.8 Å². The number of urea groups is 1.